The number of nitrogens with one attached hydrogen (secondary N) is 1. The molecule has 0 spiro atoms. The molecule has 0 aromatic heterocycles. The van der Waals surface area contributed by atoms with Gasteiger partial charge in [0.25, 0.3) is 5.91 Å². The third kappa shape index (κ3) is 6.10. The van der Waals surface area contributed by atoms with E-state index in [0.29, 0.717) is 23.9 Å². The molecule has 1 rings (SSSR count). The van der Waals surface area contributed by atoms with Crippen molar-refractivity contribution in [2.75, 3.05) is 13.1 Å². The normalized spacial score (nSPS) is 11.3. The number of halogens is 2. The van der Waals surface area contributed by atoms with Crippen molar-refractivity contribution in [3.63, 3.8) is 0 Å². The van der Waals surface area contributed by atoms with Crippen molar-refractivity contribution in [2.24, 2.45) is 5.73 Å². The summed E-state index contributed by atoms with van der Waals surface area (Å²) in [5.41, 5.74) is 5.33. The summed E-state index contributed by atoms with van der Waals surface area (Å²) >= 11 is 5.82. The van der Waals surface area contributed by atoms with Gasteiger partial charge in [-0.05, 0) is 38.1 Å². The standard InChI is InChI=1S/C12H17ClN2O2.ClH/c1-9(12(16)15-7-3-6-14)17-11-5-2-4-10(13)8-11;/h2,4-5,8-9H,3,6-7,14H2,1H3,(H,15,16);1H. The van der Waals surface area contributed by atoms with E-state index in [0.717, 1.165) is 6.42 Å². The molecule has 0 fully saturated rings. The summed E-state index contributed by atoms with van der Waals surface area (Å²) in [6, 6.07) is 6.96. The Morgan fingerprint density at radius 1 is 1.56 bits per heavy atom. The Morgan fingerprint density at radius 2 is 2.28 bits per heavy atom. The van der Waals surface area contributed by atoms with Gasteiger partial charge in [-0.3, -0.25) is 4.79 Å². The molecule has 0 aliphatic carbocycles. The third-order valence-corrected chi connectivity index (χ3v) is 2.39. The van der Waals surface area contributed by atoms with Crippen LogP contribution in [0.5, 0.6) is 5.75 Å². The fourth-order valence-corrected chi connectivity index (χ4v) is 1.44. The van der Waals surface area contributed by atoms with E-state index in [9.17, 15) is 4.79 Å². The van der Waals surface area contributed by atoms with Gasteiger partial charge in [0.2, 0.25) is 0 Å². The highest BCUT2D eigenvalue weighted by Gasteiger charge is 2.13. The summed E-state index contributed by atoms with van der Waals surface area (Å²) in [7, 11) is 0. The molecule has 4 nitrogen and oxygen atoms in total. The molecule has 0 heterocycles. The first kappa shape index (κ1) is 17.0. The Hall–Kier alpha value is -0.970. The molecule has 0 bridgehead atoms. The number of amides is 1. The quantitative estimate of drug-likeness (QED) is 0.788. The van der Waals surface area contributed by atoms with Crippen molar-refractivity contribution < 1.29 is 9.53 Å². The van der Waals surface area contributed by atoms with Gasteiger partial charge in [0.15, 0.2) is 6.10 Å². The summed E-state index contributed by atoms with van der Waals surface area (Å²) in [4.78, 5) is 11.6. The summed E-state index contributed by atoms with van der Waals surface area (Å²) in [5, 5.41) is 3.32. The van der Waals surface area contributed by atoms with E-state index in [-0.39, 0.29) is 18.3 Å². The number of carbonyl (C=O) groups is 1. The van der Waals surface area contributed by atoms with Crippen LogP contribution in [0.1, 0.15) is 13.3 Å². The van der Waals surface area contributed by atoms with Crippen molar-refractivity contribution in [1.82, 2.24) is 5.32 Å². The largest absolute Gasteiger partial charge is 0.481 e. The van der Waals surface area contributed by atoms with Gasteiger partial charge < -0.3 is 15.8 Å². The fraction of sp³-hybridized carbons (Fsp3) is 0.417. The van der Waals surface area contributed by atoms with Gasteiger partial charge in [-0.2, -0.15) is 0 Å². The molecule has 0 saturated heterocycles. The van der Waals surface area contributed by atoms with Crippen molar-refractivity contribution in [1.29, 1.82) is 0 Å². The first-order valence-corrected chi connectivity index (χ1v) is 5.91. The predicted octanol–water partition coefficient (Wildman–Crippen LogP) is 1.99. The molecule has 1 amide bonds. The van der Waals surface area contributed by atoms with Gasteiger partial charge in [0.05, 0.1) is 0 Å². The smallest absolute Gasteiger partial charge is 0.260 e. The van der Waals surface area contributed by atoms with E-state index in [4.69, 9.17) is 22.1 Å². The molecule has 1 aromatic rings. The zero-order valence-corrected chi connectivity index (χ0v) is 11.8. The molecular weight excluding hydrogens is 275 g/mol. The summed E-state index contributed by atoms with van der Waals surface area (Å²) < 4.78 is 5.46. The second-order valence-corrected chi connectivity index (χ2v) is 4.09. The van der Waals surface area contributed by atoms with Crippen molar-refractivity contribution >= 4 is 29.9 Å². The summed E-state index contributed by atoms with van der Waals surface area (Å²) in [6.07, 6.45) is 0.210. The molecule has 1 atom stereocenters. The summed E-state index contributed by atoms with van der Waals surface area (Å²) in [6.45, 7) is 2.82. The second-order valence-electron chi connectivity index (χ2n) is 3.65. The first-order chi connectivity index (χ1) is 8.13. The third-order valence-electron chi connectivity index (χ3n) is 2.16. The molecule has 18 heavy (non-hydrogen) atoms. The molecule has 0 saturated carbocycles. The van der Waals surface area contributed by atoms with Crippen LogP contribution < -0.4 is 15.8 Å². The van der Waals surface area contributed by atoms with Crippen LogP contribution in [-0.2, 0) is 4.79 Å². The Labute approximate surface area is 118 Å². The number of benzene rings is 1. The van der Waals surface area contributed by atoms with E-state index in [2.05, 4.69) is 5.32 Å². The highest BCUT2D eigenvalue weighted by molar-refractivity contribution is 6.30. The van der Waals surface area contributed by atoms with Gasteiger partial charge >= 0.3 is 0 Å². The molecule has 1 aromatic carbocycles. The second kappa shape index (κ2) is 9.03. The van der Waals surface area contributed by atoms with E-state index >= 15 is 0 Å². The van der Waals surface area contributed by atoms with Crippen LogP contribution >= 0.6 is 24.0 Å². The Balaban J connectivity index is 0.00000289. The minimum Gasteiger partial charge on any atom is -0.481 e. The number of nitrogens with two attached hydrogens (primary N) is 1. The monoisotopic (exact) mass is 292 g/mol. The highest BCUT2D eigenvalue weighted by Crippen LogP contribution is 2.18. The maximum Gasteiger partial charge on any atom is 0.260 e. The number of ether oxygens (including phenoxy) is 1. The lowest BCUT2D eigenvalue weighted by molar-refractivity contribution is -0.127. The van der Waals surface area contributed by atoms with E-state index in [1.165, 1.54) is 0 Å². The van der Waals surface area contributed by atoms with Gasteiger partial charge in [-0.25, -0.2) is 0 Å². The van der Waals surface area contributed by atoms with Crippen LogP contribution in [0.4, 0.5) is 0 Å². The van der Waals surface area contributed by atoms with Crippen LogP contribution in [0.2, 0.25) is 5.02 Å². The van der Waals surface area contributed by atoms with E-state index in [1.807, 2.05) is 0 Å². The van der Waals surface area contributed by atoms with Gasteiger partial charge in [0, 0.05) is 11.6 Å². The number of rotatable bonds is 6. The number of hydrogen-bond acceptors (Lipinski definition) is 3. The average molecular weight is 293 g/mol. The molecule has 6 heteroatoms. The fourth-order valence-electron chi connectivity index (χ4n) is 1.26. The lowest BCUT2D eigenvalue weighted by Crippen LogP contribution is -2.37. The van der Waals surface area contributed by atoms with Crippen molar-refractivity contribution in [3.8, 4) is 5.75 Å². The Morgan fingerprint density at radius 3 is 2.89 bits per heavy atom. The molecule has 102 valence electrons. The Bertz CT molecular complexity index is 375. The maximum absolute atomic E-state index is 11.6. The number of hydrogen-bond donors (Lipinski definition) is 2. The lowest BCUT2D eigenvalue weighted by atomic mass is 10.3. The molecule has 3 N–H and O–H groups in total. The zero-order chi connectivity index (χ0) is 12.7. The minimum atomic E-state index is -0.550. The van der Waals surface area contributed by atoms with Crippen LogP contribution in [0.25, 0.3) is 0 Å². The predicted molar refractivity (Wildman–Crippen MR) is 75.5 cm³/mol. The minimum absolute atomic E-state index is 0. The zero-order valence-electron chi connectivity index (χ0n) is 10.2. The van der Waals surface area contributed by atoms with Crippen LogP contribution in [0.3, 0.4) is 0 Å². The summed E-state index contributed by atoms with van der Waals surface area (Å²) in [5.74, 6) is 0.428. The lowest BCUT2D eigenvalue weighted by Gasteiger charge is -2.14. The topological polar surface area (TPSA) is 64.3 Å². The molecular formula is C12H18Cl2N2O2. The van der Waals surface area contributed by atoms with Crippen LogP contribution in [0.15, 0.2) is 24.3 Å². The van der Waals surface area contributed by atoms with Crippen LogP contribution in [0, 0.1) is 0 Å². The average Bonchev–Trinajstić information content (AvgIpc) is 2.29. The van der Waals surface area contributed by atoms with Gasteiger partial charge in [0.1, 0.15) is 5.75 Å². The Kier molecular flexibility index (Phi) is 8.54. The maximum atomic E-state index is 11.6. The number of carbonyl (C=O) groups excluding carboxylic acids is 1. The molecule has 0 aliphatic heterocycles. The van der Waals surface area contributed by atoms with E-state index < -0.39 is 6.10 Å². The molecule has 1 unspecified atom stereocenters. The molecule has 0 aliphatic rings. The highest BCUT2D eigenvalue weighted by atomic mass is 35.5. The van der Waals surface area contributed by atoms with Crippen molar-refractivity contribution in [3.05, 3.63) is 29.3 Å². The van der Waals surface area contributed by atoms with Crippen molar-refractivity contribution in [2.45, 2.75) is 19.4 Å². The van der Waals surface area contributed by atoms with Gasteiger partial charge in [-0.1, -0.05) is 17.7 Å². The SMILES string of the molecule is CC(Oc1cccc(Cl)c1)C(=O)NCCCN.Cl. The van der Waals surface area contributed by atoms with E-state index in [1.54, 1.807) is 31.2 Å². The molecule has 0 radical (unpaired) electrons. The first-order valence-electron chi connectivity index (χ1n) is 5.53. The van der Waals surface area contributed by atoms with Gasteiger partial charge in [-0.15, -0.1) is 12.4 Å². The van der Waals surface area contributed by atoms with Crippen LogP contribution in [-0.4, -0.2) is 25.1 Å².